The Hall–Kier alpha value is -1.14. The highest BCUT2D eigenvalue weighted by atomic mass is 35.5. The normalized spacial score (nSPS) is 10.8. The Morgan fingerprint density at radius 1 is 1.24 bits per heavy atom. The smallest absolute Gasteiger partial charge is 0.419 e. The Balaban J connectivity index is 0.00000256. The molecule has 0 aromatic heterocycles. The van der Waals surface area contributed by atoms with E-state index in [-0.39, 0.29) is 37.1 Å². The standard InChI is InChI=1S/C10H12F3NO2.ClH/c1-15-4-5-16-9-6-7(14)2-3-8(9)10(11,12)13;/h2-3,6H,4-5,14H2,1H3;1H. The maximum absolute atomic E-state index is 12.5. The van der Waals surface area contributed by atoms with Gasteiger partial charge >= 0.3 is 6.18 Å². The van der Waals surface area contributed by atoms with Gasteiger partial charge in [-0.05, 0) is 12.1 Å². The summed E-state index contributed by atoms with van der Waals surface area (Å²) in [6.45, 7) is 0.259. The number of nitrogens with two attached hydrogens (primary N) is 1. The zero-order chi connectivity index (χ0) is 12.2. The van der Waals surface area contributed by atoms with E-state index >= 15 is 0 Å². The molecule has 0 aliphatic heterocycles. The molecule has 0 aliphatic carbocycles. The first-order chi connectivity index (χ1) is 7.45. The molecule has 17 heavy (non-hydrogen) atoms. The molecule has 1 aromatic rings. The molecule has 0 radical (unpaired) electrons. The van der Waals surface area contributed by atoms with Gasteiger partial charge in [0.25, 0.3) is 0 Å². The Bertz CT molecular complexity index is 358. The van der Waals surface area contributed by atoms with Gasteiger partial charge in [0.05, 0.1) is 12.2 Å². The van der Waals surface area contributed by atoms with Crippen molar-refractivity contribution in [1.82, 2.24) is 0 Å². The van der Waals surface area contributed by atoms with Crippen molar-refractivity contribution in [2.45, 2.75) is 6.18 Å². The van der Waals surface area contributed by atoms with Crippen molar-refractivity contribution in [3.8, 4) is 5.75 Å². The third-order valence-electron chi connectivity index (χ3n) is 1.86. The minimum absolute atomic E-state index is 0. The Morgan fingerprint density at radius 3 is 2.41 bits per heavy atom. The number of ether oxygens (including phenoxy) is 2. The van der Waals surface area contributed by atoms with E-state index in [9.17, 15) is 13.2 Å². The van der Waals surface area contributed by atoms with E-state index in [0.29, 0.717) is 0 Å². The van der Waals surface area contributed by atoms with Crippen LogP contribution in [0.3, 0.4) is 0 Å². The van der Waals surface area contributed by atoms with E-state index in [1.807, 2.05) is 0 Å². The molecule has 1 rings (SSSR count). The van der Waals surface area contributed by atoms with Crippen molar-refractivity contribution in [2.75, 3.05) is 26.1 Å². The fraction of sp³-hybridized carbons (Fsp3) is 0.400. The van der Waals surface area contributed by atoms with Crippen LogP contribution in [0.2, 0.25) is 0 Å². The van der Waals surface area contributed by atoms with Crippen LogP contribution >= 0.6 is 12.4 Å². The van der Waals surface area contributed by atoms with Gasteiger partial charge in [0.1, 0.15) is 12.4 Å². The maximum atomic E-state index is 12.5. The van der Waals surface area contributed by atoms with Crippen LogP contribution in [0.25, 0.3) is 0 Å². The van der Waals surface area contributed by atoms with E-state index in [0.717, 1.165) is 12.1 Å². The van der Waals surface area contributed by atoms with Crippen LogP contribution in [0.4, 0.5) is 18.9 Å². The second-order valence-corrected chi connectivity index (χ2v) is 3.09. The summed E-state index contributed by atoms with van der Waals surface area (Å²) in [6.07, 6.45) is -4.45. The number of halogens is 4. The molecular formula is C10H13ClF3NO2. The number of alkyl halides is 3. The molecule has 3 nitrogen and oxygen atoms in total. The summed E-state index contributed by atoms with van der Waals surface area (Å²) in [5.74, 6) is -0.274. The van der Waals surface area contributed by atoms with Gasteiger partial charge in [0.2, 0.25) is 0 Å². The van der Waals surface area contributed by atoms with E-state index in [1.54, 1.807) is 0 Å². The molecule has 0 aliphatic rings. The Labute approximate surface area is 103 Å². The predicted molar refractivity (Wildman–Crippen MR) is 60.5 cm³/mol. The monoisotopic (exact) mass is 271 g/mol. The first-order valence-corrected chi connectivity index (χ1v) is 4.53. The highest BCUT2D eigenvalue weighted by Crippen LogP contribution is 2.37. The van der Waals surface area contributed by atoms with Crippen LogP contribution in [-0.4, -0.2) is 20.3 Å². The lowest BCUT2D eigenvalue weighted by Crippen LogP contribution is -2.11. The van der Waals surface area contributed by atoms with Gasteiger partial charge < -0.3 is 15.2 Å². The van der Waals surface area contributed by atoms with Gasteiger partial charge in [0, 0.05) is 18.9 Å². The van der Waals surface area contributed by atoms with Crippen LogP contribution in [-0.2, 0) is 10.9 Å². The van der Waals surface area contributed by atoms with Crippen LogP contribution in [0.1, 0.15) is 5.56 Å². The lowest BCUT2D eigenvalue weighted by molar-refractivity contribution is -0.139. The van der Waals surface area contributed by atoms with Gasteiger partial charge in [-0.15, -0.1) is 12.4 Å². The van der Waals surface area contributed by atoms with E-state index in [4.69, 9.17) is 10.5 Å². The summed E-state index contributed by atoms with van der Waals surface area (Å²) in [7, 11) is 1.44. The lowest BCUT2D eigenvalue weighted by atomic mass is 10.2. The third-order valence-corrected chi connectivity index (χ3v) is 1.86. The first kappa shape index (κ1) is 15.9. The molecular weight excluding hydrogens is 259 g/mol. The summed E-state index contributed by atoms with van der Waals surface area (Å²) >= 11 is 0. The number of hydrogen-bond acceptors (Lipinski definition) is 3. The largest absolute Gasteiger partial charge is 0.490 e. The predicted octanol–water partition coefficient (Wildman–Crippen LogP) is 2.73. The van der Waals surface area contributed by atoms with Gasteiger partial charge in [-0.3, -0.25) is 0 Å². The summed E-state index contributed by atoms with van der Waals surface area (Å²) in [5, 5.41) is 0. The van der Waals surface area contributed by atoms with Crippen molar-refractivity contribution >= 4 is 18.1 Å². The number of rotatable bonds is 4. The second kappa shape index (κ2) is 6.56. The summed E-state index contributed by atoms with van der Waals surface area (Å²) in [6, 6.07) is 3.24. The van der Waals surface area contributed by atoms with Crippen LogP contribution in [0.5, 0.6) is 5.75 Å². The van der Waals surface area contributed by atoms with Crippen molar-refractivity contribution < 1.29 is 22.6 Å². The minimum Gasteiger partial charge on any atom is -0.490 e. The van der Waals surface area contributed by atoms with Crippen molar-refractivity contribution in [2.24, 2.45) is 0 Å². The summed E-state index contributed by atoms with van der Waals surface area (Å²) in [4.78, 5) is 0. The van der Waals surface area contributed by atoms with Crippen molar-refractivity contribution in [3.05, 3.63) is 23.8 Å². The number of benzene rings is 1. The zero-order valence-electron chi connectivity index (χ0n) is 9.08. The average molecular weight is 272 g/mol. The highest BCUT2D eigenvalue weighted by molar-refractivity contribution is 5.85. The molecule has 0 saturated carbocycles. The van der Waals surface area contributed by atoms with E-state index < -0.39 is 11.7 Å². The molecule has 0 amide bonds. The molecule has 2 N–H and O–H groups in total. The molecule has 1 aromatic carbocycles. The topological polar surface area (TPSA) is 44.5 Å². The molecule has 0 unspecified atom stereocenters. The van der Waals surface area contributed by atoms with E-state index in [1.165, 1.54) is 13.2 Å². The van der Waals surface area contributed by atoms with Gasteiger partial charge in [-0.1, -0.05) is 0 Å². The third kappa shape index (κ3) is 4.70. The zero-order valence-corrected chi connectivity index (χ0v) is 9.90. The van der Waals surface area contributed by atoms with Crippen LogP contribution in [0.15, 0.2) is 18.2 Å². The van der Waals surface area contributed by atoms with Crippen LogP contribution in [0, 0.1) is 0 Å². The van der Waals surface area contributed by atoms with Crippen molar-refractivity contribution in [3.63, 3.8) is 0 Å². The molecule has 0 fully saturated rings. The number of anilines is 1. The Morgan fingerprint density at radius 2 is 1.88 bits per heavy atom. The molecule has 0 heterocycles. The van der Waals surface area contributed by atoms with Gasteiger partial charge in [-0.2, -0.15) is 13.2 Å². The SMILES string of the molecule is COCCOc1cc(N)ccc1C(F)(F)F.Cl. The van der Waals surface area contributed by atoms with Gasteiger partial charge in [0.15, 0.2) is 0 Å². The molecule has 7 heteroatoms. The molecule has 0 bridgehead atoms. The Kier molecular flexibility index (Phi) is 6.12. The number of hydrogen-bond donors (Lipinski definition) is 1. The fourth-order valence-corrected chi connectivity index (χ4v) is 1.13. The number of nitrogen functional groups attached to an aromatic ring is 1. The lowest BCUT2D eigenvalue weighted by Gasteiger charge is -2.14. The van der Waals surface area contributed by atoms with Crippen molar-refractivity contribution in [1.29, 1.82) is 0 Å². The van der Waals surface area contributed by atoms with Crippen LogP contribution < -0.4 is 10.5 Å². The molecule has 98 valence electrons. The number of methoxy groups -OCH3 is 1. The van der Waals surface area contributed by atoms with E-state index in [2.05, 4.69) is 4.74 Å². The second-order valence-electron chi connectivity index (χ2n) is 3.09. The summed E-state index contributed by atoms with van der Waals surface area (Å²) < 4.78 is 47.3. The maximum Gasteiger partial charge on any atom is 0.419 e. The van der Waals surface area contributed by atoms with Gasteiger partial charge in [-0.25, -0.2) is 0 Å². The summed E-state index contributed by atoms with van der Waals surface area (Å²) in [5.41, 5.74) is 4.78. The highest BCUT2D eigenvalue weighted by Gasteiger charge is 2.34. The minimum atomic E-state index is -4.45. The fourth-order valence-electron chi connectivity index (χ4n) is 1.13. The first-order valence-electron chi connectivity index (χ1n) is 4.53. The average Bonchev–Trinajstić information content (AvgIpc) is 2.16. The molecule has 0 saturated heterocycles. The quantitative estimate of drug-likeness (QED) is 0.676. The molecule has 0 atom stereocenters. The molecule has 0 spiro atoms.